The number of nitrogens with one attached hydrogen (secondary N) is 3. The average Bonchev–Trinajstić information content (AvgIpc) is 2.99. The molecule has 1 atom stereocenters. The molecule has 0 fully saturated rings. The molecule has 140 valence electrons. The van der Waals surface area contributed by atoms with Crippen molar-refractivity contribution in [2.75, 3.05) is 17.2 Å². The number of amides is 1. The van der Waals surface area contributed by atoms with E-state index in [0.29, 0.717) is 40.4 Å². The average molecular weight is 395 g/mol. The predicted octanol–water partition coefficient (Wildman–Crippen LogP) is 3.71. The van der Waals surface area contributed by atoms with Crippen LogP contribution in [0.3, 0.4) is 0 Å². The SMILES string of the molecule is C[C@@H]1CNc2c(oc3ccc4nc(Nc5cc(Cl)ncn5)ccc4c23)C(=O)N1. The highest BCUT2D eigenvalue weighted by Crippen LogP contribution is 2.37. The van der Waals surface area contributed by atoms with Gasteiger partial charge in [-0.2, -0.15) is 0 Å². The van der Waals surface area contributed by atoms with Gasteiger partial charge in [-0.1, -0.05) is 11.6 Å². The highest BCUT2D eigenvalue weighted by atomic mass is 35.5. The molecule has 1 amide bonds. The van der Waals surface area contributed by atoms with Crippen LogP contribution in [0.15, 0.2) is 41.1 Å². The van der Waals surface area contributed by atoms with Crippen molar-refractivity contribution in [1.29, 1.82) is 0 Å². The van der Waals surface area contributed by atoms with Gasteiger partial charge >= 0.3 is 0 Å². The highest BCUT2D eigenvalue weighted by molar-refractivity contribution is 6.29. The summed E-state index contributed by atoms with van der Waals surface area (Å²) in [5.74, 6) is 1.25. The van der Waals surface area contributed by atoms with E-state index >= 15 is 0 Å². The summed E-state index contributed by atoms with van der Waals surface area (Å²) in [4.78, 5) is 25.1. The maximum Gasteiger partial charge on any atom is 0.289 e. The largest absolute Gasteiger partial charge is 0.449 e. The normalized spacial score (nSPS) is 16.4. The molecule has 8 nitrogen and oxygen atoms in total. The van der Waals surface area contributed by atoms with Crippen molar-refractivity contribution in [3.05, 3.63) is 47.6 Å². The summed E-state index contributed by atoms with van der Waals surface area (Å²) in [5, 5.41) is 11.4. The molecule has 0 aliphatic carbocycles. The first-order valence-electron chi connectivity index (χ1n) is 8.74. The Morgan fingerprint density at radius 3 is 2.96 bits per heavy atom. The monoisotopic (exact) mass is 394 g/mol. The van der Waals surface area contributed by atoms with Crippen molar-refractivity contribution in [3.8, 4) is 0 Å². The summed E-state index contributed by atoms with van der Waals surface area (Å²) in [6, 6.07) is 9.10. The number of aromatic nitrogens is 3. The topological polar surface area (TPSA) is 105 Å². The minimum atomic E-state index is -0.219. The molecular weight excluding hydrogens is 380 g/mol. The van der Waals surface area contributed by atoms with Crippen molar-refractivity contribution >= 4 is 56.7 Å². The molecule has 4 heterocycles. The Labute approximate surface area is 164 Å². The number of pyridine rings is 1. The Kier molecular flexibility index (Phi) is 3.80. The molecule has 1 aliphatic heterocycles. The van der Waals surface area contributed by atoms with Crippen LogP contribution in [-0.4, -0.2) is 33.4 Å². The summed E-state index contributed by atoms with van der Waals surface area (Å²) in [6.45, 7) is 2.56. The third-order valence-corrected chi connectivity index (χ3v) is 4.79. The fourth-order valence-corrected chi connectivity index (χ4v) is 3.48. The first-order valence-corrected chi connectivity index (χ1v) is 9.12. The fraction of sp³-hybridized carbons (Fsp3) is 0.158. The van der Waals surface area contributed by atoms with Gasteiger partial charge in [-0.05, 0) is 31.2 Å². The van der Waals surface area contributed by atoms with Gasteiger partial charge in [-0.15, -0.1) is 0 Å². The number of furan rings is 1. The van der Waals surface area contributed by atoms with Crippen LogP contribution in [-0.2, 0) is 0 Å². The second-order valence-electron chi connectivity index (χ2n) is 6.61. The number of anilines is 3. The summed E-state index contributed by atoms with van der Waals surface area (Å²) < 4.78 is 5.83. The van der Waals surface area contributed by atoms with E-state index in [2.05, 4.69) is 30.9 Å². The number of hydrogen-bond acceptors (Lipinski definition) is 7. The number of carbonyl (C=O) groups is 1. The molecule has 0 spiro atoms. The minimum Gasteiger partial charge on any atom is -0.449 e. The summed E-state index contributed by atoms with van der Waals surface area (Å²) in [5.41, 5.74) is 2.10. The van der Waals surface area contributed by atoms with Gasteiger partial charge in [-0.3, -0.25) is 4.79 Å². The van der Waals surface area contributed by atoms with Crippen LogP contribution < -0.4 is 16.0 Å². The molecule has 5 rings (SSSR count). The van der Waals surface area contributed by atoms with Crippen molar-refractivity contribution in [2.24, 2.45) is 0 Å². The van der Waals surface area contributed by atoms with Crippen LogP contribution in [0, 0.1) is 0 Å². The minimum absolute atomic E-state index is 0.00809. The van der Waals surface area contributed by atoms with Crippen LogP contribution in [0.2, 0.25) is 5.15 Å². The molecular formula is C19H15ClN6O2. The number of halogens is 1. The summed E-state index contributed by atoms with van der Waals surface area (Å²) >= 11 is 5.90. The third kappa shape index (κ3) is 2.78. The molecule has 3 aromatic heterocycles. The lowest BCUT2D eigenvalue weighted by Crippen LogP contribution is -2.34. The lowest BCUT2D eigenvalue weighted by molar-refractivity contribution is 0.0920. The summed E-state index contributed by atoms with van der Waals surface area (Å²) in [7, 11) is 0. The van der Waals surface area contributed by atoms with E-state index in [-0.39, 0.29) is 11.9 Å². The Morgan fingerprint density at radius 2 is 2.11 bits per heavy atom. The second-order valence-corrected chi connectivity index (χ2v) is 7.00. The second kappa shape index (κ2) is 6.35. The van der Waals surface area contributed by atoms with Gasteiger partial charge in [0.15, 0.2) is 0 Å². The molecule has 9 heteroatoms. The fourth-order valence-electron chi connectivity index (χ4n) is 3.33. The van der Waals surface area contributed by atoms with Gasteiger partial charge < -0.3 is 20.4 Å². The molecule has 0 saturated heterocycles. The first kappa shape index (κ1) is 16.8. The molecule has 4 aromatic rings. The highest BCUT2D eigenvalue weighted by Gasteiger charge is 2.26. The predicted molar refractivity (Wildman–Crippen MR) is 107 cm³/mol. The Balaban J connectivity index is 1.62. The quantitative estimate of drug-likeness (QED) is 0.445. The molecule has 0 bridgehead atoms. The lowest BCUT2D eigenvalue weighted by atomic mass is 10.1. The zero-order valence-corrected chi connectivity index (χ0v) is 15.5. The Bertz CT molecular complexity index is 1240. The molecule has 0 saturated carbocycles. The number of fused-ring (bicyclic) bond motifs is 5. The molecule has 1 aliphatic rings. The summed E-state index contributed by atoms with van der Waals surface area (Å²) in [6.07, 6.45) is 1.38. The van der Waals surface area contributed by atoms with Crippen molar-refractivity contribution in [3.63, 3.8) is 0 Å². The standard InChI is InChI=1S/C19H15ClN6O2/c1-9-7-21-17-16-10-2-5-14(26-15-6-13(20)22-8-23-15)25-11(10)3-4-12(16)28-18(17)19(27)24-9/h2-6,8-9,21H,7H2,1H3,(H,24,27)(H,22,23,25,26)/t9-/m1/s1. The van der Waals surface area contributed by atoms with E-state index in [1.54, 1.807) is 6.07 Å². The van der Waals surface area contributed by atoms with E-state index in [0.717, 1.165) is 16.3 Å². The van der Waals surface area contributed by atoms with Crippen LogP contribution in [0.1, 0.15) is 17.5 Å². The Hall–Kier alpha value is -3.39. The number of benzene rings is 1. The van der Waals surface area contributed by atoms with Crippen LogP contribution in [0.25, 0.3) is 21.9 Å². The smallest absolute Gasteiger partial charge is 0.289 e. The lowest BCUT2D eigenvalue weighted by Gasteiger charge is -2.10. The van der Waals surface area contributed by atoms with E-state index < -0.39 is 0 Å². The van der Waals surface area contributed by atoms with Gasteiger partial charge in [0.25, 0.3) is 5.91 Å². The Morgan fingerprint density at radius 1 is 1.21 bits per heavy atom. The van der Waals surface area contributed by atoms with E-state index in [1.807, 2.05) is 31.2 Å². The molecule has 0 radical (unpaired) electrons. The van der Waals surface area contributed by atoms with Gasteiger partial charge in [0, 0.05) is 24.0 Å². The number of carbonyl (C=O) groups excluding carboxylic acids is 1. The van der Waals surface area contributed by atoms with Gasteiger partial charge in [0.2, 0.25) is 5.76 Å². The molecule has 0 unspecified atom stereocenters. The number of hydrogen-bond donors (Lipinski definition) is 3. The first-order chi connectivity index (χ1) is 13.6. The molecule has 1 aromatic carbocycles. The van der Waals surface area contributed by atoms with Gasteiger partial charge in [0.1, 0.15) is 28.7 Å². The van der Waals surface area contributed by atoms with Crippen molar-refractivity contribution < 1.29 is 9.21 Å². The van der Waals surface area contributed by atoms with Gasteiger partial charge in [-0.25, -0.2) is 15.0 Å². The van der Waals surface area contributed by atoms with Gasteiger partial charge in [0.05, 0.1) is 16.6 Å². The molecule has 3 N–H and O–H groups in total. The number of nitrogens with zero attached hydrogens (tertiary/aromatic N) is 3. The third-order valence-electron chi connectivity index (χ3n) is 4.58. The van der Waals surface area contributed by atoms with E-state index in [1.165, 1.54) is 6.33 Å². The zero-order valence-electron chi connectivity index (χ0n) is 14.8. The van der Waals surface area contributed by atoms with E-state index in [4.69, 9.17) is 16.0 Å². The zero-order chi connectivity index (χ0) is 19.3. The van der Waals surface area contributed by atoms with Crippen molar-refractivity contribution in [2.45, 2.75) is 13.0 Å². The van der Waals surface area contributed by atoms with Crippen molar-refractivity contribution in [1.82, 2.24) is 20.3 Å². The van der Waals surface area contributed by atoms with Crippen LogP contribution >= 0.6 is 11.6 Å². The number of rotatable bonds is 2. The van der Waals surface area contributed by atoms with Crippen LogP contribution in [0.4, 0.5) is 17.3 Å². The maximum atomic E-state index is 12.4. The van der Waals surface area contributed by atoms with Crippen LogP contribution in [0.5, 0.6) is 0 Å². The maximum absolute atomic E-state index is 12.4. The molecule has 28 heavy (non-hydrogen) atoms. The van der Waals surface area contributed by atoms with E-state index in [9.17, 15) is 4.79 Å².